The zero-order valence-electron chi connectivity index (χ0n) is 6.13. The van der Waals surface area contributed by atoms with Crippen molar-refractivity contribution in [3.8, 4) is 0 Å². The van der Waals surface area contributed by atoms with Gasteiger partial charge in [0.05, 0.1) is 0 Å². The number of aromatic amines is 1. The molecule has 0 aromatic carbocycles. The molecule has 0 aliphatic rings. The number of nitrogens with two attached hydrogens (primary N) is 1. The second kappa shape index (κ2) is 3.85. The summed E-state index contributed by atoms with van der Waals surface area (Å²) in [7, 11) is 0. The van der Waals surface area contributed by atoms with Gasteiger partial charge in [0.2, 0.25) is 0 Å². The van der Waals surface area contributed by atoms with Crippen LogP contribution in [0.1, 0.15) is 5.69 Å². The van der Waals surface area contributed by atoms with Gasteiger partial charge in [0.15, 0.2) is 4.77 Å². The highest BCUT2D eigenvalue weighted by atomic mass is 32.2. The largest absolute Gasteiger partial charge is 0.333 e. The van der Waals surface area contributed by atoms with Crippen molar-refractivity contribution < 1.29 is 0 Å². The first kappa shape index (κ1) is 8.70. The van der Waals surface area contributed by atoms with Crippen molar-refractivity contribution in [1.82, 2.24) is 9.97 Å². The first-order valence-corrected chi connectivity index (χ1v) is 4.74. The van der Waals surface area contributed by atoms with E-state index in [1.165, 1.54) is 0 Å². The molecule has 0 unspecified atom stereocenters. The molecule has 1 aromatic heterocycles. The molecule has 1 heterocycles. The maximum atomic E-state index is 5.43. The minimum Gasteiger partial charge on any atom is -0.333 e. The highest BCUT2D eigenvalue weighted by Crippen LogP contribution is 2.10. The van der Waals surface area contributed by atoms with Gasteiger partial charge in [-0.1, -0.05) is 0 Å². The molecule has 11 heavy (non-hydrogen) atoms. The maximum Gasteiger partial charge on any atom is 0.198 e. The molecule has 1 aromatic rings. The van der Waals surface area contributed by atoms with Gasteiger partial charge in [0.25, 0.3) is 0 Å². The van der Waals surface area contributed by atoms with E-state index in [0.717, 1.165) is 10.7 Å². The number of hydrogen-bond acceptors (Lipinski definition) is 4. The average molecular weight is 187 g/mol. The molecule has 3 nitrogen and oxygen atoms in total. The van der Waals surface area contributed by atoms with Crippen molar-refractivity contribution in [2.75, 3.05) is 6.26 Å². The minimum atomic E-state index is 0.472. The SMILES string of the molecule is CSc1cc(CN)[nH]c(=S)n1. The molecule has 60 valence electrons. The molecular formula is C6H9N3S2. The Hall–Kier alpha value is -0.390. The number of H-pyrrole nitrogens is 1. The molecule has 0 aliphatic heterocycles. The summed E-state index contributed by atoms with van der Waals surface area (Å²) in [6.07, 6.45) is 1.96. The number of thioether (sulfide) groups is 1. The maximum absolute atomic E-state index is 5.43. The van der Waals surface area contributed by atoms with Crippen LogP contribution in [0.25, 0.3) is 0 Å². The predicted octanol–water partition coefficient (Wildman–Crippen LogP) is 1.32. The van der Waals surface area contributed by atoms with E-state index in [4.69, 9.17) is 18.0 Å². The standard InChI is InChI=1S/C6H9N3S2/c1-11-5-2-4(3-7)8-6(10)9-5/h2H,3,7H2,1H3,(H,8,9,10). The lowest BCUT2D eigenvalue weighted by molar-refractivity contribution is 0.910. The summed E-state index contributed by atoms with van der Waals surface area (Å²) in [5.41, 5.74) is 6.35. The highest BCUT2D eigenvalue weighted by Gasteiger charge is 1.94. The Morgan fingerprint density at radius 2 is 2.55 bits per heavy atom. The molecule has 0 amide bonds. The predicted molar refractivity (Wildman–Crippen MR) is 49.1 cm³/mol. The first-order valence-electron chi connectivity index (χ1n) is 3.10. The molecule has 0 bridgehead atoms. The number of aromatic nitrogens is 2. The summed E-state index contributed by atoms with van der Waals surface area (Å²) in [5.74, 6) is 0. The summed E-state index contributed by atoms with van der Waals surface area (Å²) >= 11 is 6.44. The zero-order chi connectivity index (χ0) is 8.27. The summed E-state index contributed by atoms with van der Waals surface area (Å²) in [6, 6.07) is 1.90. The van der Waals surface area contributed by atoms with Crippen LogP contribution in [0.5, 0.6) is 0 Å². The number of hydrogen-bond donors (Lipinski definition) is 2. The van der Waals surface area contributed by atoms with E-state index in [1.807, 2.05) is 12.3 Å². The van der Waals surface area contributed by atoms with Crippen LogP contribution in [0.4, 0.5) is 0 Å². The van der Waals surface area contributed by atoms with Gasteiger partial charge in [-0.15, -0.1) is 11.8 Å². The number of nitrogens with zero attached hydrogens (tertiary/aromatic N) is 1. The van der Waals surface area contributed by atoms with Gasteiger partial charge >= 0.3 is 0 Å². The second-order valence-corrected chi connectivity index (χ2v) is 3.17. The normalized spacial score (nSPS) is 10.0. The lowest BCUT2D eigenvalue weighted by atomic mass is 10.4. The molecule has 0 aliphatic carbocycles. The van der Waals surface area contributed by atoms with Gasteiger partial charge in [-0.2, -0.15) is 0 Å². The van der Waals surface area contributed by atoms with Gasteiger partial charge < -0.3 is 10.7 Å². The molecule has 0 fully saturated rings. The van der Waals surface area contributed by atoms with E-state index < -0.39 is 0 Å². The van der Waals surface area contributed by atoms with E-state index in [1.54, 1.807) is 11.8 Å². The van der Waals surface area contributed by atoms with Crippen LogP contribution in [-0.4, -0.2) is 16.2 Å². The van der Waals surface area contributed by atoms with Crippen molar-refractivity contribution in [3.63, 3.8) is 0 Å². The van der Waals surface area contributed by atoms with Crippen molar-refractivity contribution in [2.24, 2.45) is 5.73 Å². The average Bonchev–Trinajstić information content (AvgIpc) is 2.03. The topological polar surface area (TPSA) is 54.7 Å². The van der Waals surface area contributed by atoms with Crippen LogP contribution in [0, 0.1) is 4.77 Å². The van der Waals surface area contributed by atoms with E-state index in [2.05, 4.69) is 9.97 Å². The second-order valence-electron chi connectivity index (χ2n) is 1.96. The third-order valence-electron chi connectivity index (χ3n) is 1.21. The summed E-state index contributed by atoms with van der Waals surface area (Å²) in [5, 5.41) is 0.911. The highest BCUT2D eigenvalue weighted by molar-refractivity contribution is 7.98. The Balaban J connectivity index is 3.12. The number of rotatable bonds is 2. The van der Waals surface area contributed by atoms with Gasteiger partial charge in [-0.25, -0.2) is 4.98 Å². The lowest BCUT2D eigenvalue weighted by Crippen LogP contribution is -2.00. The fourth-order valence-corrected chi connectivity index (χ4v) is 1.43. The van der Waals surface area contributed by atoms with Crippen LogP contribution in [0.3, 0.4) is 0 Å². The van der Waals surface area contributed by atoms with Crippen molar-refractivity contribution in [1.29, 1.82) is 0 Å². The van der Waals surface area contributed by atoms with Crippen LogP contribution in [0.2, 0.25) is 0 Å². The fourth-order valence-electron chi connectivity index (χ4n) is 0.697. The van der Waals surface area contributed by atoms with Crippen molar-refractivity contribution in [2.45, 2.75) is 11.6 Å². The van der Waals surface area contributed by atoms with Gasteiger partial charge in [-0.05, 0) is 24.5 Å². The van der Waals surface area contributed by atoms with E-state index in [0.29, 0.717) is 11.3 Å². The molecule has 0 spiro atoms. The molecular weight excluding hydrogens is 178 g/mol. The Morgan fingerprint density at radius 1 is 1.82 bits per heavy atom. The lowest BCUT2D eigenvalue weighted by Gasteiger charge is -1.98. The molecule has 1 rings (SSSR count). The fraction of sp³-hybridized carbons (Fsp3) is 0.333. The van der Waals surface area contributed by atoms with Crippen molar-refractivity contribution in [3.05, 3.63) is 16.5 Å². The minimum absolute atomic E-state index is 0.472. The Labute approximate surface area is 74.4 Å². The molecule has 3 N–H and O–H groups in total. The first-order chi connectivity index (χ1) is 5.26. The summed E-state index contributed by atoms with van der Waals surface area (Å²) in [4.78, 5) is 6.96. The molecule has 0 radical (unpaired) electrons. The van der Waals surface area contributed by atoms with Gasteiger partial charge in [0.1, 0.15) is 5.03 Å². The zero-order valence-corrected chi connectivity index (χ0v) is 7.76. The van der Waals surface area contributed by atoms with Crippen LogP contribution < -0.4 is 5.73 Å². The Morgan fingerprint density at radius 3 is 3.09 bits per heavy atom. The third kappa shape index (κ3) is 2.28. The quantitative estimate of drug-likeness (QED) is 0.416. The molecule has 0 atom stereocenters. The van der Waals surface area contributed by atoms with E-state index >= 15 is 0 Å². The van der Waals surface area contributed by atoms with Gasteiger partial charge in [-0.3, -0.25) is 0 Å². The molecule has 0 saturated heterocycles. The molecule has 0 saturated carbocycles. The van der Waals surface area contributed by atoms with Crippen LogP contribution >= 0.6 is 24.0 Å². The Bertz CT molecular complexity index is 269. The smallest absolute Gasteiger partial charge is 0.198 e. The monoisotopic (exact) mass is 187 g/mol. The van der Waals surface area contributed by atoms with Gasteiger partial charge in [0, 0.05) is 12.2 Å². The summed E-state index contributed by atoms with van der Waals surface area (Å²) < 4.78 is 0.498. The van der Waals surface area contributed by atoms with Crippen LogP contribution in [0.15, 0.2) is 11.1 Å². The Kier molecular flexibility index (Phi) is 3.04. The third-order valence-corrected chi connectivity index (χ3v) is 2.03. The summed E-state index contributed by atoms with van der Waals surface area (Å²) in [6.45, 7) is 0.472. The van der Waals surface area contributed by atoms with E-state index in [-0.39, 0.29) is 0 Å². The van der Waals surface area contributed by atoms with Crippen molar-refractivity contribution >= 4 is 24.0 Å². The molecule has 5 heteroatoms. The van der Waals surface area contributed by atoms with Crippen LogP contribution in [-0.2, 0) is 6.54 Å². The number of nitrogens with one attached hydrogen (secondary N) is 1. The van der Waals surface area contributed by atoms with E-state index in [9.17, 15) is 0 Å².